The number of carbonyl (C=O) groups excluding carboxylic acids is 2. The van der Waals surface area contributed by atoms with Gasteiger partial charge in [0.1, 0.15) is 0 Å². The summed E-state index contributed by atoms with van der Waals surface area (Å²) in [6.45, 7) is 7.32. The van der Waals surface area contributed by atoms with Crippen LogP contribution in [0, 0.1) is 0 Å². The van der Waals surface area contributed by atoms with Crippen LogP contribution in [-0.4, -0.2) is 95.6 Å². The summed E-state index contributed by atoms with van der Waals surface area (Å²) in [5, 5.41) is 6.44. The second-order valence-corrected chi connectivity index (χ2v) is 14.6. The van der Waals surface area contributed by atoms with Crippen LogP contribution in [0.4, 0.5) is 21.0 Å². The molecule has 0 bridgehead atoms. The monoisotopic (exact) mass is 729 g/mol. The van der Waals surface area contributed by atoms with Gasteiger partial charge in [-0.1, -0.05) is 24.6 Å². The Hall–Kier alpha value is -2.34. The normalized spacial score (nSPS) is 21.5. The van der Waals surface area contributed by atoms with Gasteiger partial charge in [0.25, 0.3) is 0 Å². The zero-order valence-electron chi connectivity index (χ0n) is 25.4. The SMILES string of the molecule is Nc1c(Br)cc(CC(CN2CCC(N3CCCCC3)CC2)NC(=O)N2CCC(N3Cc4ccccc4NC3=O)CC2)cc1Br. The summed E-state index contributed by atoms with van der Waals surface area (Å²) in [4.78, 5) is 35.6. The minimum atomic E-state index is -0.0449. The molecule has 0 aromatic heterocycles. The van der Waals surface area contributed by atoms with Gasteiger partial charge in [-0.15, -0.1) is 0 Å². The molecular formula is C33H45Br2N7O2. The molecular weight excluding hydrogens is 686 g/mol. The van der Waals surface area contributed by atoms with E-state index in [1.165, 1.54) is 45.2 Å². The molecule has 2 aromatic rings. The fourth-order valence-corrected chi connectivity index (χ4v) is 8.71. The zero-order chi connectivity index (χ0) is 30.6. The van der Waals surface area contributed by atoms with Gasteiger partial charge in [0.05, 0.1) is 5.69 Å². The quantitative estimate of drug-likeness (QED) is 0.310. The zero-order valence-corrected chi connectivity index (χ0v) is 28.6. The number of nitrogen functional groups attached to an aromatic ring is 1. The summed E-state index contributed by atoms with van der Waals surface area (Å²) in [5.74, 6) is 0. The highest BCUT2D eigenvalue weighted by atomic mass is 79.9. The van der Waals surface area contributed by atoms with Gasteiger partial charge in [0.2, 0.25) is 0 Å². The lowest BCUT2D eigenvalue weighted by atomic mass is 9.98. The molecule has 4 N–H and O–H groups in total. The Morgan fingerprint density at radius 1 is 0.932 bits per heavy atom. The number of hydrogen-bond acceptors (Lipinski definition) is 5. The van der Waals surface area contributed by atoms with Gasteiger partial charge in [-0.25, -0.2) is 9.59 Å². The van der Waals surface area contributed by atoms with E-state index in [2.05, 4.69) is 70.5 Å². The van der Waals surface area contributed by atoms with Crippen LogP contribution in [-0.2, 0) is 13.0 Å². The first-order valence-corrected chi connectivity index (χ1v) is 17.8. The van der Waals surface area contributed by atoms with Crippen molar-refractivity contribution in [2.45, 2.75) is 76.0 Å². The van der Waals surface area contributed by atoms with E-state index in [1.807, 2.05) is 28.0 Å². The third-order valence-corrected chi connectivity index (χ3v) is 11.3. The molecule has 1 atom stereocenters. The minimum absolute atomic E-state index is 0.0151. The number of halogens is 2. The Labute approximate surface area is 278 Å². The molecule has 1 unspecified atom stereocenters. The second kappa shape index (κ2) is 14.4. The molecule has 44 heavy (non-hydrogen) atoms. The summed E-state index contributed by atoms with van der Waals surface area (Å²) < 4.78 is 1.72. The van der Waals surface area contributed by atoms with E-state index < -0.39 is 0 Å². The Bertz CT molecular complexity index is 1300. The molecule has 6 rings (SSSR count). The van der Waals surface area contributed by atoms with Crippen molar-refractivity contribution < 1.29 is 9.59 Å². The minimum Gasteiger partial charge on any atom is -0.397 e. The number of carbonyl (C=O) groups is 2. The fourth-order valence-electron chi connectivity index (χ4n) is 7.43. The van der Waals surface area contributed by atoms with Gasteiger partial charge < -0.3 is 36.0 Å². The number of nitrogens with two attached hydrogens (primary N) is 1. The Morgan fingerprint density at radius 2 is 1.59 bits per heavy atom. The van der Waals surface area contributed by atoms with Crippen molar-refractivity contribution >= 4 is 55.3 Å². The molecule has 238 valence electrons. The maximum absolute atomic E-state index is 13.7. The van der Waals surface area contributed by atoms with Crippen molar-refractivity contribution in [3.8, 4) is 0 Å². The van der Waals surface area contributed by atoms with E-state index in [0.717, 1.165) is 64.7 Å². The van der Waals surface area contributed by atoms with E-state index in [9.17, 15) is 9.59 Å². The number of urea groups is 2. The molecule has 3 fully saturated rings. The van der Waals surface area contributed by atoms with E-state index in [1.54, 1.807) is 0 Å². The highest BCUT2D eigenvalue weighted by Gasteiger charge is 2.33. The first-order valence-electron chi connectivity index (χ1n) is 16.2. The number of fused-ring (bicyclic) bond motifs is 1. The van der Waals surface area contributed by atoms with Crippen molar-refractivity contribution in [1.29, 1.82) is 0 Å². The first-order chi connectivity index (χ1) is 21.3. The van der Waals surface area contributed by atoms with Crippen molar-refractivity contribution in [1.82, 2.24) is 24.9 Å². The van der Waals surface area contributed by atoms with Crippen LogP contribution in [0.3, 0.4) is 0 Å². The van der Waals surface area contributed by atoms with Gasteiger partial charge in [0.15, 0.2) is 0 Å². The number of hydrogen-bond donors (Lipinski definition) is 3. The largest absolute Gasteiger partial charge is 0.397 e. The molecule has 4 amide bonds. The predicted molar refractivity (Wildman–Crippen MR) is 183 cm³/mol. The lowest BCUT2D eigenvalue weighted by Gasteiger charge is -2.42. The van der Waals surface area contributed by atoms with E-state index in [0.29, 0.717) is 31.4 Å². The number of piperidine rings is 3. The van der Waals surface area contributed by atoms with Crippen LogP contribution in [0.1, 0.15) is 56.1 Å². The van der Waals surface area contributed by atoms with Crippen LogP contribution in [0.5, 0.6) is 0 Å². The number of amides is 4. The molecule has 4 aliphatic rings. The van der Waals surface area contributed by atoms with Crippen molar-refractivity contribution in [2.75, 3.05) is 56.9 Å². The molecule has 11 heteroatoms. The topological polar surface area (TPSA) is 97.2 Å². The number of benzene rings is 2. The Balaban J connectivity index is 1.06. The predicted octanol–water partition coefficient (Wildman–Crippen LogP) is 5.88. The summed E-state index contributed by atoms with van der Waals surface area (Å²) in [6.07, 6.45) is 8.69. The maximum atomic E-state index is 13.7. The summed E-state index contributed by atoms with van der Waals surface area (Å²) in [6, 6.07) is 12.8. The number of para-hydroxylation sites is 1. The van der Waals surface area contributed by atoms with Crippen LogP contribution >= 0.6 is 31.9 Å². The van der Waals surface area contributed by atoms with E-state index >= 15 is 0 Å². The summed E-state index contributed by atoms with van der Waals surface area (Å²) >= 11 is 7.19. The smallest absolute Gasteiger partial charge is 0.322 e. The van der Waals surface area contributed by atoms with Crippen molar-refractivity contribution in [3.05, 3.63) is 56.5 Å². The van der Waals surface area contributed by atoms with Crippen molar-refractivity contribution in [3.63, 3.8) is 0 Å². The van der Waals surface area contributed by atoms with Gasteiger partial charge >= 0.3 is 12.1 Å². The van der Waals surface area contributed by atoms with Crippen LogP contribution in [0.25, 0.3) is 0 Å². The van der Waals surface area contributed by atoms with Gasteiger partial charge in [0, 0.05) is 58.9 Å². The number of likely N-dealkylation sites (tertiary alicyclic amines) is 3. The molecule has 0 radical (unpaired) electrons. The summed E-state index contributed by atoms with van der Waals surface area (Å²) in [5.41, 5.74) is 10.0. The first kappa shape index (κ1) is 31.6. The molecule has 0 saturated carbocycles. The standard InChI is InChI=1S/C33H45Br2N7O2/c34-28-19-23(20-29(35)31(28)36)18-25(22-39-14-8-26(9-15-39)40-12-4-1-5-13-40)37-32(43)41-16-10-27(11-17-41)42-21-24-6-2-3-7-30(24)38-33(42)44/h2-3,6-7,19-20,25-27H,1,4-5,8-18,21-22,36H2,(H,37,43)(H,38,44). The summed E-state index contributed by atoms with van der Waals surface area (Å²) in [7, 11) is 0. The average molecular weight is 732 g/mol. The number of anilines is 2. The highest BCUT2D eigenvalue weighted by molar-refractivity contribution is 9.11. The van der Waals surface area contributed by atoms with Gasteiger partial charge in [-0.05, 0) is 132 Å². The van der Waals surface area contributed by atoms with Crippen LogP contribution in [0.2, 0.25) is 0 Å². The molecule has 0 aliphatic carbocycles. The molecule has 2 aromatic carbocycles. The molecule has 9 nitrogen and oxygen atoms in total. The third kappa shape index (κ3) is 7.54. The van der Waals surface area contributed by atoms with E-state index in [-0.39, 0.29) is 24.1 Å². The third-order valence-electron chi connectivity index (χ3n) is 9.94. The highest BCUT2D eigenvalue weighted by Crippen LogP contribution is 2.31. The van der Waals surface area contributed by atoms with Gasteiger partial charge in [-0.3, -0.25) is 0 Å². The second-order valence-electron chi connectivity index (χ2n) is 12.9. The van der Waals surface area contributed by atoms with Crippen LogP contribution in [0.15, 0.2) is 45.3 Å². The Kier molecular flexibility index (Phi) is 10.3. The van der Waals surface area contributed by atoms with E-state index in [4.69, 9.17) is 5.73 Å². The number of nitrogens with zero attached hydrogens (tertiary/aromatic N) is 4. The number of nitrogens with one attached hydrogen (secondary N) is 2. The maximum Gasteiger partial charge on any atom is 0.322 e. The van der Waals surface area contributed by atoms with Crippen LogP contribution < -0.4 is 16.4 Å². The molecule has 4 heterocycles. The number of rotatable bonds is 7. The van der Waals surface area contributed by atoms with Gasteiger partial charge in [-0.2, -0.15) is 0 Å². The Morgan fingerprint density at radius 3 is 2.30 bits per heavy atom. The molecule has 3 saturated heterocycles. The molecule has 4 aliphatic heterocycles. The fraction of sp³-hybridized carbons (Fsp3) is 0.576. The molecule has 0 spiro atoms. The average Bonchev–Trinajstić information content (AvgIpc) is 3.04. The van der Waals surface area contributed by atoms with Crippen molar-refractivity contribution in [2.24, 2.45) is 0 Å². The lowest BCUT2D eigenvalue weighted by Crippen LogP contribution is -2.55. The lowest BCUT2D eigenvalue weighted by molar-refractivity contribution is 0.0872.